The number of benzene rings is 1. The topological polar surface area (TPSA) is 89.6 Å². The molecule has 0 radical (unpaired) electrons. The molecule has 1 fully saturated rings. The van der Waals surface area contributed by atoms with E-state index in [-0.39, 0.29) is 17.2 Å². The summed E-state index contributed by atoms with van der Waals surface area (Å²) < 4.78 is 44.3. The maximum atomic E-state index is 13.1. The molecule has 1 aliphatic heterocycles. The molecule has 1 N–H and O–H groups in total. The van der Waals surface area contributed by atoms with Crippen LogP contribution in [0.5, 0.6) is 0 Å². The first-order valence-corrected chi connectivity index (χ1v) is 8.96. The molecule has 1 saturated heterocycles. The monoisotopic (exact) mass is 418 g/mol. The molecule has 2 heterocycles. The summed E-state index contributed by atoms with van der Waals surface area (Å²) in [7, 11) is 0. The third kappa shape index (κ3) is 4.81. The lowest BCUT2D eigenvalue weighted by atomic mass is 10.1. The third-order valence-corrected chi connectivity index (χ3v) is 4.49. The van der Waals surface area contributed by atoms with Crippen LogP contribution in [0.2, 0.25) is 0 Å². The highest BCUT2D eigenvalue weighted by atomic mass is 19.4. The number of carbonyl (C=O) groups is 2. The molecule has 0 bridgehead atoms. The standard InChI is InChI=1S/C20H17F3N4O3/c21-20(22,23)15-4-1-2-5-16(15)25-18(28)14(12-24)13-26-7-9-27(10-8-26)19(29)17-6-3-11-30-17/h1-6,11,13H,7-10H2,(H,25,28)/b14-13-. The SMILES string of the molecule is N#C/C(=C/N1CCN(C(=O)c2ccco2)CC1)C(=O)Nc1ccccc1C(F)(F)F. The molecule has 1 aliphatic rings. The zero-order chi connectivity index (χ0) is 21.7. The van der Waals surface area contributed by atoms with Gasteiger partial charge >= 0.3 is 6.18 Å². The Labute approximate surface area is 170 Å². The Bertz CT molecular complexity index is 985. The van der Waals surface area contributed by atoms with Crippen molar-refractivity contribution in [3.8, 4) is 6.07 Å². The smallest absolute Gasteiger partial charge is 0.418 e. The molecule has 1 aromatic carbocycles. The van der Waals surface area contributed by atoms with Gasteiger partial charge in [-0.2, -0.15) is 18.4 Å². The lowest BCUT2D eigenvalue weighted by Gasteiger charge is -2.33. The first-order valence-electron chi connectivity index (χ1n) is 8.96. The van der Waals surface area contributed by atoms with E-state index in [0.29, 0.717) is 26.2 Å². The molecule has 10 heteroatoms. The molecule has 0 saturated carbocycles. The molecule has 156 valence electrons. The van der Waals surface area contributed by atoms with Gasteiger partial charge in [0.05, 0.1) is 17.5 Å². The zero-order valence-electron chi connectivity index (χ0n) is 15.6. The van der Waals surface area contributed by atoms with Crippen LogP contribution in [0.25, 0.3) is 0 Å². The van der Waals surface area contributed by atoms with E-state index < -0.39 is 23.3 Å². The van der Waals surface area contributed by atoms with Crippen LogP contribution in [0.4, 0.5) is 18.9 Å². The second-order valence-electron chi connectivity index (χ2n) is 6.46. The Morgan fingerprint density at radius 2 is 1.80 bits per heavy atom. The first-order chi connectivity index (χ1) is 14.3. The van der Waals surface area contributed by atoms with E-state index in [0.717, 1.165) is 12.1 Å². The van der Waals surface area contributed by atoms with Crippen molar-refractivity contribution < 1.29 is 27.2 Å². The van der Waals surface area contributed by atoms with E-state index in [4.69, 9.17) is 4.42 Å². The number of hydrogen-bond acceptors (Lipinski definition) is 5. The van der Waals surface area contributed by atoms with Crippen LogP contribution in [0.15, 0.2) is 58.9 Å². The van der Waals surface area contributed by atoms with E-state index >= 15 is 0 Å². The van der Waals surface area contributed by atoms with Crippen molar-refractivity contribution in [1.29, 1.82) is 5.26 Å². The predicted molar refractivity (Wildman–Crippen MR) is 100.0 cm³/mol. The van der Waals surface area contributed by atoms with Gasteiger partial charge in [-0.3, -0.25) is 9.59 Å². The summed E-state index contributed by atoms with van der Waals surface area (Å²) in [5.74, 6) is -0.978. The number of nitriles is 1. The molecule has 2 aromatic rings. The number of furan rings is 1. The molecule has 2 amide bonds. The Morgan fingerprint density at radius 3 is 2.40 bits per heavy atom. The molecular formula is C20H17F3N4O3. The van der Waals surface area contributed by atoms with Crippen molar-refractivity contribution in [2.75, 3.05) is 31.5 Å². The third-order valence-electron chi connectivity index (χ3n) is 4.49. The largest absolute Gasteiger partial charge is 0.459 e. The maximum Gasteiger partial charge on any atom is 0.418 e. The van der Waals surface area contributed by atoms with Gasteiger partial charge in [0.15, 0.2) is 5.76 Å². The van der Waals surface area contributed by atoms with Crippen LogP contribution in [-0.4, -0.2) is 47.8 Å². The number of alkyl halides is 3. The van der Waals surface area contributed by atoms with Crippen LogP contribution in [0, 0.1) is 11.3 Å². The van der Waals surface area contributed by atoms with E-state index in [1.165, 1.54) is 24.6 Å². The Hall–Kier alpha value is -3.74. The minimum absolute atomic E-state index is 0.222. The summed E-state index contributed by atoms with van der Waals surface area (Å²) in [4.78, 5) is 27.9. The number of amides is 2. The van der Waals surface area contributed by atoms with Crippen molar-refractivity contribution in [2.24, 2.45) is 0 Å². The van der Waals surface area contributed by atoms with Crippen LogP contribution < -0.4 is 5.32 Å². The number of hydrogen-bond donors (Lipinski definition) is 1. The van der Waals surface area contributed by atoms with Gasteiger partial charge in [-0.15, -0.1) is 0 Å². The van der Waals surface area contributed by atoms with Gasteiger partial charge < -0.3 is 19.5 Å². The number of carbonyl (C=O) groups excluding carboxylic acids is 2. The quantitative estimate of drug-likeness (QED) is 0.609. The van der Waals surface area contributed by atoms with Gasteiger partial charge in [0, 0.05) is 32.4 Å². The number of para-hydroxylation sites is 1. The summed E-state index contributed by atoms with van der Waals surface area (Å²) in [6.07, 6.45) is -1.95. The first kappa shape index (κ1) is 21.0. The van der Waals surface area contributed by atoms with Crippen LogP contribution in [0.1, 0.15) is 16.1 Å². The lowest BCUT2D eigenvalue weighted by molar-refractivity contribution is -0.137. The maximum absolute atomic E-state index is 13.1. The van der Waals surface area contributed by atoms with Gasteiger partial charge in [-0.1, -0.05) is 12.1 Å². The number of nitrogens with zero attached hydrogens (tertiary/aromatic N) is 3. The average Bonchev–Trinajstić information content (AvgIpc) is 3.26. The fourth-order valence-corrected chi connectivity index (χ4v) is 2.96. The molecule has 1 aromatic heterocycles. The summed E-state index contributed by atoms with van der Waals surface area (Å²) >= 11 is 0. The summed E-state index contributed by atoms with van der Waals surface area (Å²) in [5, 5.41) is 11.4. The second kappa shape index (κ2) is 8.73. The number of piperazine rings is 1. The normalized spacial score (nSPS) is 14.9. The zero-order valence-corrected chi connectivity index (χ0v) is 15.6. The van der Waals surface area contributed by atoms with Gasteiger partial charge in [0.25, 0.3) is 11.8 Å². The van der Waals surface area contributed by atoms with Crippen molar-refractivity contribution >= 4 is 17.5 Å². The average molecular weight is 418 g/mol. The number of anilines is 1. The molecule has 0 spiro atoms. The molecule has 30 heavy (non-hydrogen) atoms. The summed E-state index contributed by atoms with van der Waals surface area (Å²) in [6.45, 7) is 1.38. The fourth-order valence-electron chi connectivity index (χ4n) is 2.96. The van der Waals surface area contributed by atoms with Crippen molar-refractivity contribution in [3.05, 3.63) is 65.8 Å². The highest BCUT2D eigenvalue weighted by Gasteiger charge is 2.33. The number of halogens is 3. The molecular weight excluding hydrogens is 401 g/mol. The van der Waals surface area contributed by atoms with E-state index in [1.807, 2.05) is 0 Å². The Kier molecular flexibility index (Phi) is 6.11. The van der Waals surface area contributed by atoms with E-state index in [2.05, 4.69) is 5.32 Å². The predicted octanol–water partition coefficient (Wildman–Crippen LogP) is 3.10. The molecule has 0 atom stereocenters. The van der Waals surface area contributed by atoms with E-state index in [9.17, 15) is 28.0 Å². The number of rotatable bonds is 4. The molecule has 3 rings (SSSR count). The van der Waals surface area contributed by atoms with Crippen molar-refractivity contribution in [3.63, 3.8) is 0 Å². The molecule has 0 unspecified atom stereocenters. The highest BCUT2D eigenvalue weighted by molar-refractivity contribution is 6.06. The van der Waals surface area contributed by atoms with Crippen molar-refractivity contribution in [2.45, 2.75) is 6.18 Å². The number of nitrogens with one attached hydrogen (secondary N) is 1. The van der Waals surface area contributed by atoms with Gasteiger partial charge in [-0.25, -0.2) is 0 Å². The molecule has 7 nitrogen and oxygen atoms in total. The fraction of sp³-hybridized carbons (Fsp3) is 0.250. The van der Waals surface area contributed by atoms with Crippen molar-refractivity contribution in [1.82, 2.24) is 9.80 Å². The highest BCUT2D eigenvalue weighted by Crippen LogP contribution is 2.34. The lowest BCUT2D eigenvalue weighted by Crippen LogP contribution is -2.47. The van der Waals surface area contributed by atoms with Crippen LogP contribution in [-0.2, 0) is 11.0 Å². The minimum atomic E-state index is -4.64. The van der Waals surface area contributed by atoms with Gasteiger partial charge in [0.2, 0.25) is 0 Å². The Morgan fingerprint density at radius 1 is 1.10 bits per heavy atom. The van der Waals surface area contributed by atoms with Gasteiger partial charge in [-0.05, 0) is 24.3 Å². The summed E-state index contributed by atoms with van der Waals surface area (Å²) in [5.41, 5.74) is -1.76. The Balaban J connectivity index is 1.65. The molecule has 0 aliphatic carbocycles. The van der Waals surface area contributed by atoms with E-state index in [1.54, 1.807) is 28.0 Å². The van der Waals surface area contributed by atoms with Crippen LogP contribution in [0.3, 0.4) is 0 Å². The van der Waals surface area contributed by atoms with Crippen LogP contribution >= 0.6 is 0 Å². The second-order valence-corrected chi connectivity index (χ2v) is 6.46. The minimum Gasteiger partial charge on any atom is -0.459 e. The summed E-state index contributed by atoms with van der Waals surface area (Å²) in [6, 6.07) is 9.42. The van der Waals surface area contributed by atoms with Gasteiger partial charge in [0.1, 0.15) is 11.6 Å².